The van der Waals surface area contributed by atoms with Crippen molar-refractivity contribution in [2.24, 2.45) is 5.92 Å². The Morgan fingerprint density at radius 1 is 1.29 bits per heavy atom. The quantitative estimate of drug-likeness (QED) is 0.872. The minimum absolute atomic E-state index is 0.321. The predicted octanol–water partition coefficient (Wildman–Crippen LogP) is 2.19. The highest BCUT2D eigenvalue weighted by Crippen LogP contribution is 2.30. The highest BCUT2D eigenvalue weighted by Gasteiger charge is 2.33. The third-order valence-electron chi connectivity index (χ3n) is 4.45. The van der Waals surface area contributed by atoms with Crippen LogP contribution in [0.1, 0.15) is 31.2 Å². The number of methoxy groups -OCH3 is 1. The van der Waals surface area contributed by atoms with E-state index in [1.165, 1.54) is 5.56 Å². The Labute approximate surface area is 126 Å². The zero-order valence-corrected chi connectivity index (χ0v) is 12.7. The van der Waals surface area contributed by atoms with Crippen LogP contribution in [0, 0.1) is 5.92 Å². The molecule has 1 unspecified atom stereocenters. The molecule has 1 amide bonds. The van der Waals surface area contributed by atoms with Crippen LogP contribution in [0.4, 0.5) is 0 Å². The lowest BCUT2D eigenvalue weighted by Crippen LogP contribution is -2.34. The van der Waals surface area contributed by atoms with Gasteiger partial charge in [-0.3, -0.25) is 4.79 Å². The molecule has 1 saturated heterocycles. The van der Waals surface area contributed by atoms with E-state index in [0.717, 1.165) is 44.6 Å². The van der Waals surface area contributed by atoms with Gasteiger partial charge in [0.1, 0.15) is 5.75 Å². The van der Waals surface area contributed by atoms with Crippen LogP contribution in [0.25, 0.3) is 0 Å². The number of nitrogens with one attached hydrogen (secondary N) is 1. The van der Waals surface area contributed by atoms with Crippen LogP contribution in [0.15, 0.2) is 24.3 Å². The molecular formula is C17H24N2O2. The molecule has 0 spiro atoms. The number of ether oxygens (including phenoxy) is 1. The zero-order chi connectivity index (χ0) is 14.7. The lowest BCUT2D eigenvalue weighted by atomic mass is 10.0. The molecule has 4 nitrogen and oxygen atoms in total. The molecule has 1 aromatic carbocycles. The summed E-state index contributed by atoms with van der Waals surface area (Å²) in [6.45, 7) is 2.78. The number of carbonyl (C=O) groups is 1. The van der Waals surface area contributed by atoms with Crippen molar-refractivity contribution >= 4 is 5.91 Å². The maximum atomic E-state index is 12.6. The number of amides is 1. The van der Waals surface area contributed by atoms with Gasteiger partial charge in [0.15, 0.2) is 0 Å². The first-order chi connectivity index (χ1) is 10.3. The Morgan fingerprint density at radius 3 is 2.62 bits per heavy atom. The highest BCUT2D eigenvalue weighted by atomic mass is 16.5. The molecule has 1 aliphatic carbocycles. The van der Waals surface area contributed by atoms with Crippen LogP contribution in [0.5, 0.6) is 5.75 Å². The Morgan fingerprint density at radius 2 is 2.05 bits per heavy atom. The number of nitrogens with zero attached hydrogens (tertiary/aromatic N) is 1. The van der Waals surface area contributed by atoms with Gasteiger partial charge >= 0.3 is 0 Å². The van der Waals surface area contributed by atoms with Gasteiger partial charge in [0.05, 0.1) is 7.11 Å². The maximum Gasteiger partial charge on any atom is 0.223 e. The van der Waals surface area contributed by atoms with Crippen molar-refractivity contribution in [3.63, 3.8) is 0 Å². The molecule has 0 aromatic heterocycles. The SMILES string of the molecule is COc1ccc(CN(C(=O)CC2CCNC2)C2CC2)cc1. The topological polar surface area (TPSA) is 41.6 Å². The van der Waals surface area contributed by atoms with Crippen molar-refractivity contribution in [2.75, 3.05) is 20.2 Å². The second kappa shape index (κ2) is 6.48. The number of hydrogen-bond donors (Lipinski definition) is 1. The van der Waals surface area contributed by atoms with Gasteiger partial charge in [0, 0.05) is 19.0 Å². The predicted molar refractivity (Wildman–Crippen MR) is 82.2 cm³/mol. The second-order valence-corrected chi connectivity index (χ2v) is 6.16. The van der Waals surface area contributed by atoms with E-state index in [0.29, 0.717) is 24.3 Å². The molecule has 4 heteroatoms. The number of hydrogen-bond acceptors (Lipinski definition) is 3. The summed E-state index contributed by atoms with van der Waals surface area (Å²) in [6.07, 6.45) is 4.14. The lowest BCUT2D eigenvalue weighted by Gasteiger charge is -2.24. The van der Waals surface area contributed by atoms with Crippen molar-refractivity contribution < 1.29 is 9.53 Å². The maximum absolute atomic E-state index is 12.6. The fourth-order valence-corrected chi connectivity index (χ4v) is 2.99. The molecular weight excluding hydrogens is 264 g/mol. The number of rotatable bonds is 6. The third-order valence-corrected chi connectivity index (χ3v) is 4.45. The summed E-state index contributed by atoms with van der Waals surface area (Å²) in [5.41, 5.74) is 1.18. The van der Waals surface area contributed by atoms with Gasteiger partial charge in [-0.15, -0.1) is 0 Å². The summed E-state index contributed by atoms with van der Waals surface area (Å²) in [5.74, 6) is 1.71. The first-order valence-corrected chi connectivity index (χ1v) is 7.89. The van der Waals surface area contributed by atoms with E-state index in [1.807, 2.05) is 12.1 Å². The van der Waals surface area contributed by atoms with Crippen molar-refractivity contribution in [2.45, 2.75) is 38.3 Å². The van der Waals surface area contributed by atoms with Crippen LogP contribution in [0.2, 0.25) is 0 Å². The lowest BCUT2D eigenvalue weighted by molar-refractivity contribution is -0.133. The minimum Gasteiger partial charge on any atom is -0.497 e. The summed E-state index contributed by atoms with van der Waals surface area (Å²) in [4.78, 5) is 14.7. The van der Waals surface area contributed by atoms with Gasteiger partial charge < -0.3 is 15.0 Å². The van der Waals surface area contributed by atoms with E-state index in [2.05, 4.69) is 22.3 Å². The van der Waals surface area contributed by atoms with Gasteiger partial charge in [-0.25, -0.2) is 0 Å². The van der Waals surface area contributed by atoms with Crippen LogP contribution >= 0.6 is 0 Å². The summed E-state index contributed by atoms with van der Waals surface area (Å²) in [7, 11) is 1.67. The van der Waals surface area contributed by atoms with Gasteiger partial charge in [-0.1, -0.05) is 12.1 Å². The average Bonchev–Trinajstić information content (AvgIpc) is 3.22. The van der Waals surface area contributed by atoms with E-state index in [1.54, 1.807) is 7.11 Å². The van der Waals surface area contributed by atoms with Gasteiger partial charge in [-0.05, 0) is 56.0 Å². The minimum atomic E-state index is 0.321. The van der Waals surface area contributed by atoms with Crippen molar-refractivity contribution in [1.82, 2.24) is 10.2 Å². The van der Waals surface area contributed by atoms with Gasteiger partial charge in [0.2, 0.25) is 5.91 Å². The van der Waals surface area contributed by atoms with E-state index in [-0.39, 0.29) is 0 Å². The molecule has 21 heavy (non-hydrogen) atoms. The van der Waals surface area contributed by atoms with Crippen molar-refractivity contribution in [1.29, 1.82) is 0 Å². The van der Waals surface area contributed by atoms with Crippen molar-refractivity contribution in [3.8, 4) is 5.75 Å². The van der Waals surface area contributed by atoms with Crippen LogP contribution in [0.3, 0.4) is 0 Å². The largest absolute Gasteiger partial charge is 0.497 e. The third kappa shape index (κ3) is 3.76. The smallest absolute Gasteiger partial charge is 0.223 e. The zero-order valence-electron chi connectivity index (χ0n) is 12.7. The van der Waals surface area contributed by atoms with E-state index < -0.39 is 0 Å². The first kappa shape index (κ1) is 14.4. The molecule has 3 rings (SSSR count). The molecule has 2 fully saturated rings. The Hall–Kier alpha value is -1.55. The summed E-state index contributed by atoms with van der Waals surface area (Å²) < 4.78 is 5.18. The standard InChI is InChI=1S/C17H24N2O2/c1-21-16-6-2-13(3-7-16)12-19(15-4-5-15)17(20)10-14-8-9-18-11-14/h2-3,6-7,14-15,18H,4-5,8-12H2,1H3. The van der Waals surface area contributed by atoms with E-state index in [9.17, 15) is 4.79 Å². The molecule has 1 N–H and O–H groups in total. The Bertz CT molecular complexity index is 476. The molecule has 1 heterocycles. The van der Waals surface area contributed by atoms with E-state index >= 15 is 0 Å². The normalized spacial score (nSPS) is 21.3. The van der Waals surface area contributed by atoms with Crippen LogP contribution in [-0.4, -0.2) is 37.0 Å². The van der Waals surface area contributed by atoms with Crippen LogP contribution < -0.4 is 10.1 Å². The second-order valence-electron chi connectivity index (χ2n) is 6.16. The summed E-state index contributed by atoms with van der Waals surface area (Å²) in [5, 5.41) is 3.34. The molecule has 2 aliphatic rings. The van der Waals surface area contributed by atoms with E-state index in [4.69, 9.17) is 4.74 Å². The summed E-state index contributed by atoms with van der Waals surface area (Å²) in [6, 6.07) is 8.50. The number of carbonyl (C=O) groups excluding carboxylic acids is 1. The number of benzene rings is 1. The Balaban J connectivity index is 1.61. The molecule has 1 aromatic rings. The fourth-order valence-electron chi connectivity index (χ4n) is 2.99. The first-order valence-electron chi connectivity index (χ1n) is 7.89. The molecule has 1 aliphatic heterocycles. The molecule has 114 valence electrons. The molecule has 0 bridgehead atoms. The Kier molecular flexibility index (Phi) is 4.44. The molecule has 0 radical (unpaired) electrons. The van der Waals surface area contributed by atoms with Crippen molar-refractivity contribution in [3.05, 3.63) is 29.8 Å². The van der Waals surface area contributed by atoms with Gasteiger partial charge in [-0.2, -0.15) is 0 Å². The molecule has 1 atom stereocenters. The van der Waals surface area contributed by atoms with Crippen LogP contribution in [-0.2, 0) is 11.3 Å². The summed E-state index contributed by atoms with van der Waals surface area (Å²) >= 11 is 0. The average molecular weight is 288 g/mol. The molecule has 1 saturated carbocycles. The monoisotopic (exact) mass is 288 g/mol. The fraction of sp³-hybridized carbons (Fsp3) is 0.588. The van der Waals surface area contributed by atoms with Gasteiger partial charge in [0.25, 0.3) is 0 Å². The highest BCUT2D eigenvalue weighted by molar-refractivity contribution is 5.77.